The Kier molecular flexibility index (Phi) is 5.42. The molecule has 0 amide bonds. The van der Waals surface area contributed by atoms with Gasteiger partial charge in [-0.15, -0.1) is 0 Å². The van der Waals surface area contributed by atoms with E-state index in [1.165, 1.54) is 0 Å². The van der Waals surface area contributed by atoms with Crippen molar-refractivity contribution in [3.05, 3.63) is 75.2 Å². The fourth-order valence-electron chi connectivity index (χ4n) is 4.26. The van der Waals surface area contributed by atoms with Crippen LogP contribution in [0.5, 0.6) is 0 Å². The van der Waals surface area contributed by atoms with Crippen molar-refractivity contribution in [1.29, 1.82) is 0 Å². The van der Waals surface area contributed by atoms with E-state index in [0.717, 1.165) is 78.4 Å². The molecule has 0 bridgehead atoms. The minimum absolute atomic E-state index is 0.0367. The molecule has 4 heterocycles. The van der Waals surface area contributed by atoms with Gasteiger partial charge in [0.15, 0.2) is 11.6 Å². The number of aliphatic imine (C=N–C) groups is 1. The molecule has 2 aromatic heterocycles. The van der Waals surface area contributed by atoms with Crippen LogP contribution in [0.15, 0.2) is 46.3 Å². The number of H-pyrrole nitrogens is 1. The van der Waals surface area contributed by atoms with Crippen molar-refractivity contribution in [1.82, 2.24) is 24.8 Å². The number of hydrogen-bond acceptors (Lipinski definition) is 6. The molecule has 0 saturated heterocycles. The van der Waals surface area contributed by atoms with Crippen LogP contribution in [0.2, 0.25) is 0 Å². The molecule has 0 atom stereocenters. The highest BCUT2D eigenvalue weighted by molar-refractivity contribution is 5.97. The van der Waals surface area contributed by atoms with Gasteiger partial charge in [0.05, 0.1) is 17.0 Å². The second kappa shape index (κ2) is 8.51. The molecule has 0 fully saturated rings. The number of benzene rings is 1. The Morgan fingerprint density at radius 1 is 1.10 bits per heavy atom. The lowest BCUT2D eigenvalue weighted by Crippen LogP contribution is -2.36. The van der Waals surface area contributed by atoms with Crippen molar-refractivity contribution in [3.8, 4) is 11.4 Å². The summed E-state index contributed by atoms with van der Waals surface area (Å²) < 4.78 is 0. The largest absolute Gasteiger partial charge is 0.305 e. The summed E-state index contributed by atoms with van der Waals surface area (Å²) in [5.74, 6) is 1.40. The number of aromatic nitrogens is 4. The first-order valence-electron chi connectivity index (χ1n) is 10.9. The van der Waals surface area contributed by atoms with Crippen molar-refractivity contribution >= 4 is 5.71 Å². The van der Waals surface area contributed by atoms with Gasteiger partial charge >= 0.3 is 0 Å². The summed E-state index contributed by atoms with van der Waals surface area (Å²) in [6.45, 7) is 5.01. The number of aryl methyl sites for hydroxylation is 1. The van der Waals surface area contributed by atoms with E-state index in [1.807, 2.05) is 43.5 Å². The van der Waals surface area contributed by atoms with Crippen LogP contribution in [0.4, 0.5) is 0 Å². The van der Waals surface area contributed by atoms with Gasteiger partial charge in [-0.1, -0.05) is 30.3 Å². The lowest BCUT2D eigenvalue weighted by Gasteiger charge is -2.28. The third-order valence-electron chi connectivity index (χ3n) is 6.05. The highest BCUT2D eigenvalue weighted by Gasteiger charge is 2.23. The molecule has 2 aliphatic heterocycles. The van der Waals surface area contributed by atoms with Gasteiger partial charge in [-0.25, -0.2) is 15.0 Å². The van der Waals surface area contributed by atoms with Gasteiger partial charge in [0.1, 0.15) is 0 Å². The monoisotopic (exact) mass is 414 g/mol. The van der Waals surface area contributed by atoms with E-state index in [0.29, 0.717) is 18.9 Å². The predicted molar refractivity (Wildman–Crippen MR) is 120 cm³/mol. The molecular formula is C24H26N6O. The first kappa shape index (κ1) is 19.8. The lowest BCUT2D eigenvalue weighted by atomic mass is 10.0. The fraction of sp³-hybridized carbons (Fsp3) is 0.375. The van der Waals surface area contributed by atoms with Crippen molar-refractivity contribution in [2.75, 3.05) is 13.1 Å². The highest BCUT2D eigenvalue weighted by atomic mass is 16.1. The van der Waals surface area contributed by atoms with Gasteiger partial charge in [0.2, 0.25) is 0 Å². The normalized spacial score (nSPS) is 16.6. The molecular weight excluding hydrogens is 388 g/mol. The maximum atomic E-state index is 12.8. The van der Waals surface area contributed by atoms with Crippen LogP contribution in [0.3, 0.4) is 0 Å². The molecule has 0 radical (unpaired) electrons. The Bertz CT molecular complexity index is 1180. The van der Waals surface area contributed by atoms with E-state index in [2.05, 4.69) is 19.9 Å². The van der Waals surface area contributed by atoms with Gasteiger partial charge in [-0.2, -0.15) is 0 Å². The average Bonchev–Trinajstić information content (AvgIpc) is 2.82. The molecule has 5 rings (SSSR count). The van der Waals surface area contributed by atoms with Crippen LogP contribution in [0.1, 0.15) is 47.6 Å². The van der Waals surface area contributed by atoms with Gasteiger partial charge < -0.3 is 4.98 Å². The number of fused-ring (bicyclic) bond motifs is 1. The number of rotatable bonds is 4. The number of nitrogens with one attached hydrogen (secondary N) is 1. The minimum atomic E-state index is -0.0367. The zero-order chi connectivity index (χ0) is 21.2. The topological polar surface area (TPSA) is 87.1 Å². The van der Waals surface area contributed by atoms with E-state index < -0.39 is 0 Å². The molecule has 1 aromatic carbocycles. The van der Waals surface area contributed by atoms with Crippen molar-refractivity contribution in [2.45, 2.75) is 45.7 Å². The molecule has 0 aliphatic carbocycles. The summed E-state index contributed by atoms with van der Waals surface area (Å²) in [5, 5.41) is 0. The van der Waals surface area contributed by atoms with Crippen LogP contribution in [0.25, 0.3) is 11.4 Å². The molecule has 7 heteroatoms. The number of nitrogens with zero attached hydrogens (tertiary/aromatic N) is 5. The van der Waals surface area contributed by atoms with E-state index >= 15 is 0 Å². The second-order valence-corrected chi connectivity index (χ2v) is 8.26. The van der Waals surface area contributed by atoms with E-state index in [9.17, 15) is 4.79 Å². The lowest BCUT2D eigenvalue weighted by molar-refractivity contribution is 0.240. The molecule has 1 N–H and O–H groups in total. The summed E-state index contributed by atoms with van der Waals surface area (Å²) >= 11 is 0. The highest BCUT2D eigenvalue weighted by Crippen LogP contribution is 2.20. The Labute approximate surface area is 181 Å². The van der Waals surface area contributed by atoms with E-state index in [-0.39, 0.29) is 5.56 Å². The van der Waals surface area contributed by atoms with Crippen molar-refractivity contribution < 1.29 is 0 Å². The zero-order valence-corrected chi connectivity index (χ0v) is 17.8. The third kappa shape index (κ3) is 4.18. The summed E-state index contributed by atoms with van der Waals surface area (Å²) in [5.41, 5.74) is 5.66. The van der Waals surface area contributed by atoms with E-state index in [1.54, 1.807) is 0 Å². The molecule has 0 unspecified atom stereocenters. The molecule has 2 aliphatic rings. The second-order valence-electron chi connectivity index (χ2n) is 8.26. The molecule has 7 nitrogen and oxygen atoms in total. The molecule has 0 saturated carbocycles. The molecule has 158 valence electrons. The Balaban J connectivity index is 1.33. The van der Waals surface area contributed by atoms with Gasteiger partial charge in [0.25, 0.3) is 5.56 Å². The van der Waals surface area contributed by atoms with E-state index in [4.69, 9.17) is 9.97 Å². The Morgan fingerprint density at radius 3 is 2.74 bits per heavy atom. The quantitative estimate of drug-likeness (QED) is 0.709. The standard InChI is InChI=1S/C24H26N6O/c1-16-18(13-26-22(27-16)17-7-3-2-4-8-17)14-30-12-10-20-19(15-30)24(31)29-23(28-20)21-9-5-6-11-25-21/h2-4,7-8,13H,5-6,9-12,14-15H2,1H3,(H,28,29,31). The minimum Gasteiger partial charge on any atom is -0.305 e. The molecule has 31 heavy (non-hydrogen) atoms. The Morgan fingerprint density at radius 2 is 1.97 bits per heavy atom. The summed E-state index contributed by atoms with van der Waals surface area (Å²) in [6, 6.07) is 10.0. The maximum absolute atomic E-state index is 12.8. The first-order chi connectivity index (χ1) is 15.2. The first-order valence-corrected chi connectivity index (χ1v) is 10.9. The SMILES string of the molecule is Cc1nc(-c2ccccc2)ncc1CN1CCc2nc(C3=NCCCC3)[nH]c(=O)c2C1. The van der Waals surface area contributed by atoms with Gasteiger partial charge in [-0.3, -0.25) is 14.7 Å². The van der Waals surface area contributed by atoms with Crippen LogP contribution < -0.4 is 5.56 Å². The smallest absolute Gasteiger partial charge is 0.255 e. The van der Waals surface area contributed by atoms with Crippen LogP contribution in [-0.4, -0.2) is 43.6 Å². The van der Waals surface area contributed by atoms with Gasteiger partial charge in [0, 0.05) is 55.6 Å². The van der Waals surface area contributed by atoms with Crippen LogP contribution in [0, 0.1) is 6.92 Å². The summed E-state index contributed by atoms with van der Waals surface area (Å²) in [6.07, 6.45) is 5.79. The Hall–Kier alpha value is -3.19. The summed E-state index contributed by atoms with van der Waals surface area (Å²) in [7, 11) is 0. The maximum Gasteiger partial charge on any atom is 0.255 e. The third-order valence-corrected chi connectivity index (χ3v) is 6.05. The van der Waals surface area contributed by atoms with Crippen LogP contribution >= 0.6 is 0 Å². The van der Waals surface area contributed by atoms with Crippen LogP contribution in [-0.2, 0) is 19.5 Å². The van der Waals surface area contributed by atoms with Crippen molar-refractivity contribution in [2.24, 2.45) is 4.99 Å². The molecule has 0 spiro atoms. The number of hydrogen-bond donors (Lipinski definition) is 1. The van der Waals surface area contributed by atoms with Gasteiger partial charge in [-0.05, 0) is 26.2 Å². The number of aromatic amines is 1. The predicted octanol–water partition coefficient (Wildman–Crippen LogP) is 3.07. The molecule has 3 aromatic rings. The van der Waals surface area contributed by atoms with Crippen molar-refractivity contribution in [3.63, 3.8) is 0 Å². The fourth-order valence-corrected chi connectivity index (χ4v) is 4.26. The summed E-state index contributed by atoms with van der Waals surface area (Å²) in [4.78, 5) is 36.6. The zero-order valence-electron chi connectivity index (χ0n) is 17.8. The average molecular weight is 415 g/mol.